The van der Waals surface area contributed by atoms with E-state index < -0.39 is 55.0 Å². The van der Waals surface area contributed by atoms with E-state index in [4.69, 9.17) is 4.74 Å². The fourth-order valence-electron chi connectivity index (χ4n) is 1.74. The summed E-state index contributed by atoms with van der Waals surface area (Å²) in [6, 6.07) is 4.40. The molecule has 0 radical (unpaired) electrons. The summed E-state index contributed by atoms with van der Waals surface area (Å²) in [6.07, 6.45) is -7.40. The van der Waals surface area contributed by atoms with Crippen LogP contribution in [0.25, 0.3) is 0 Å². The van der Waals surface area contributed by atoms with Gasteiger partial charge in [0, 0.05) is 0 Å². The van der Waals surface area contributed by atoms with Crippen LogP contribution in [0.5, 0.6) is 5.75 Å². The van der Waals surface area contributed by atoms with Crippen LogP contribution in [-0.2, 0) is 5.32 Å². The minimum atomic E-state index is -7.86. The normalized spacial score (nSPS) is 14.8. The zero-order valence-electron chi connectivity index (χ0n) is 13.7. The molecule has 1 rings (SSSR count). The molecule has 15 heteroatoms. The number of hydrogen-bond acceptors (Lipinski definition) is 1. The fraction of sp³-hybridized carbons (Fsp3) is 0.571. The van der Waals surface area contributed by atoms with Gasteiger partial charge in [-0.05, 0) is 0 Å². The number of alkyl halides is 13. The van der Waals surface area contributed by atoms with Gasteiger partial charge in [0.25, 0.3) is 0 Å². The molecule has 0 aliphatic carbocycles. The van der Waals surface area contributed by atoms with Crippen molar-refractivity contribution in [2.24, 2.45) is 0 Å². The summed E-state index contributed by atoms with van der Waals surface area (Å²) >= 11 is -2.93. The van der Waals surface area contributed by atoms with Crippen LogP contribution in [0.15, 0.2) is 24.3 Å². The first kappa shape index (κ1) is 25.7. The number of methoxy groups -OCH3 is 1. The van der Waals surface area contributed by atoms with Gasteiger partial charge in [-0.25, -0.2) is 0 Å². The molecule has 1 nitrogen and oxygen atoms in total. The average molecular weight is 519 g/mol. The Morgan fingerprint density at radius 3 is 1.45 bits per heavy atom. The van der Waals surface area contributed by atoms with Crippen LogP contribution in [0.1, 0.15) is 5.56 Å². The molecule has 29 heavy (non-hydrogen) atoms. The van der Waals surface area contributed by atoms with Crippen molar-refractivity contribution in [3.63, 3.8) is 0 Å². The Morgan fingerprint density at radius 1 is 0.655 bits per heavy atom. The molecular formula is C14H9F13OSe. The second kappa shape index (κ2) is 7.71. The summed E-state index contributed by atoms with van der Waals surface area (Å²) in [6.45, 7) is 0. The first-order chi connectivity index (χ1) is 12.8. The third kappa shape index (κ3) is 4.25. The fourth-order valence-corrected chi connectivity index (χ4v) is 3.52. The van der Waals surface area contributed by atoms with Gasteiger partial charge in [-0.2, -0.15) is 0 Å². The summed E-state index contributed by atoms with van der Waals surface area (Å²) in [7, 11) is 1.21. The Hall–Kier alpha value is -1.37. The minimum absolute atomic E-state index is 0.156. The van der Waals surface area contributed by atoms with Crippen molar-refractivity contribution in [1.29, 1.82) is 0 Å². The van der Waals surface area contributed by atoms with Crippen molar-refractivity contribution in [1.82, 2.24) is 0 Å². The molecule has 0 N–H and O–H groups in total. The quantitative estimate of drug-likeness (QED) is 0.322. The third-order valence-corrected chi connectivity index (χ3v) is 5.78. The first-order valence-corrected chi connectivity index (χ1v) is 9.05. The Kier molecular flexibility index (Phi) is 6.82. The predicted octanol–water partition coefficient (Wildman–Crippen LogP) is 5.60. The van der Waals surface area contributed by atoms with Crippen LogP contribution in [0.3, 0.4) is 0 Å². The second-order valence-corrected chi connectivity index (χ2v) is 7.74. The van der Waals surface area contributed by atoms with Crippen LogP contribution < -0.4 is 4.74 Å². The van der Waals surface area contributed by atoms with Crippen molar-refractivity contribution < 1.29 is 61.8 Å². The monoisotopic (exact) mass is 520 g/mol. The Bertz CT molecular complexity index is 696. The zero-order chi connectivity index (χ0) is 23.1. The molecule has 0 spiro atoms. The van der Waals surface area contributed by atoms with Gasteiger partial charge in [0.2, 0.25) is 0 Å². The van der Waals surface area contributed by atoms with E-state index in [1.54, 1.807) is 0 Å². The molecule has 1 aromatic carbocycles. The van der Waals surface area contributed by atoms with Gasteiger partial charge in [-0.15, -0.1) is 0 Å². The number of hydrogen-bond donors (Lipinski definition) is 0. The zero-order valence-corrected chi connectivity index (χ0v) is 15.5. The van der Waals surface area contributed by atoms with Crippen LogP contribution in [-0.4, -0.2) is 56.8 Å². The molecule has 0 aliphatic rings. The van der Waals surface area contributed by atoms with E-state index in [1.807, 2.05) is 0 Å². The van der Waals surface area contributed by atoms with Crippen molar-refractivity contribution in [3.8, 4) is 5.75 Å². The topological polar surface area (TPSA) is 9.23 Å². The summed E-state index contributed by atoms with van der Waals surface area (Å²) in [5.41, 5.74) is -0.156. The summed E-state index contributed by atoms with van der Waals surface area (Å²) < 4.78 is 173. The summed E-state index contributed by atoms with van der Waals surface area (Å²) in [4.78, 5) is -6.01. The van der Waals surface area contributed by atoms with Gasteiger partial charge in [0.05, 0.1) is 0 Å². The molecule has 0 amide bonds. The molecule has 0 unspecified atom stereocenters. The maximum absolute atomic E-state index is 13.7. The number of benzene rings is 1. The number of rotatable bonds is 8. The molecular weight excluding hydrogens is 510 g/mol. The van der Waals surface area contributed by atoms with Gasteiger partial charge in [0.15, 0.2) is 0 Å². The Labute approximate surface area is 160 Å². The van der Waals surface area contributed by atoms with Gasteiger partial charge >= 0.3 is 159 Å². The Morgan fingerprint density at radius 2 is 1.07 bits per heavy atom. The van der Waals surface area contributed by atoms with Gasteiger partial charge in [0.1, 0.15) is 0 Å². The molecule has 0 heterocycles. The second-order valence-electron chi connectivity index (χ2n) is 5.45. The SMILES string of the molecule is COc1ccc(C[Se]C(F)(F)C(F)(F)C(F)(F)C(F)(F)C(F)(F)C(F)(F)F)cc1. The van der Waals surface area contributed by atoms with E-state index in [0.29, 0.717) is 0 Å². The van der Waals surface area contributed by atoms with Crippen LogP contribution in [0.2, 0.25) is 0 Å². The van der Waals surface area contributed by atoms with E-state index in [1.165, 1.54) is 7.11 Å². The van der Waals surface area contributed by atoms with Gasteiger partial charge in [-0.3, -0.25) is 0 Å². The molecule has 0 bridgehead atoms. The van der Waals surface area contributed by atoms with Crippen molar-refractivity contribution in [2.45, 2.75) is 40.0 Å². The molecule has 0 aromatic heterocycles. The van der Waals surface area contributed by atoms with Crippen LogP contribution >= 0.6 is 0 Å². The molecule has 0 saturated heterocycles. The van der Waals surface area contributed by atoms with E-state index in [0.717, 1.165) is 24.3 Å². The molecule has 0 fully saturated rings. The molecule has 168 valence electrons. The predicted molar refractivity (Wildman–Crippen MR) is 73.2 cm³/mol. The maximum atomic E-state index is 13.7. The summed E-state index contributed by atoms with van der Waals surface area (Å²) in [5, 5.41) is -1.06. The average Bonchev–Trinajstić information content (AvgIpc) is 2.58. The van der Waals surface area contributed by atoms with E-state index in [9.17, 15) is 57.1 Å². The van der Waals surface area contributed by atoms with Crippen molar-refractivity contribution in [2.75, 3.05) is 7.11 Å². The van der Waals surface area contributed by atoms with Crippen molar-refractivity contribution >= 4 is 15.0 Å². The van der Waals surface area contributed by atoms with Crippen LogP contribution in [0.4, 0.5) is 57.1 Å². The van der Waals surface area contributed by atoms with E-state index in [2.05, 4.69) is 0 Å². The van der Waals surface area contributed by atoms with Crippen molar-refractivity contribution in [3.05, 3.63) is 29.8 Å². The molecule has 0 atom stereocenters. The van der Waals surface area contributed by atoms with Gasteiger partial charge < -0.3 is 0 Å². The number of halogens is 13. The molecule has 0 saturated carbocycles. The first-order valence-electron chi connectivity index (χ1n) is 6.99. The van der Waals surface area contributed by atoms with Gasteiger partial charge in [-0.1, -0.05) is 0 Å². The van der Waals surface area contributed by atoms with E-state index >= 15 is 0 Å². The standard InChI is InChI=1S/C14H9F13OSe/c1-28-8-4-2-7(3-5-8)6-29-14(26,27)12(21,22)10(17,18)9(15,16)11(19,20)13(23,24)25/h2-5H,6H2,1H3. The van der Waals surface area contributed by atoms with E-state index in [-0.39, 0.29) is 11.3 Å². The third-order valence-electron chi connectivity index (χ3n) is 3.48. The Balaban J connectivity index is 3.20. The number of ether oxygens (including phenoxy) is 1. The summed E-state index contributed by atoms with van der Waals surface area (Å²) in [5.74, 6) is -30.3. The van der Waals surface area contributed by atoms with Crippen LogP contribution in [0, 0.1) is 0 Å². The molecule has 0 aliphatic heterocycles. The molecule has 1 aromatic rings.